The van der Waals surface area contributed by atoms with E-state index in [1.807, 2.05) is 0 Å². The van der Waals surface area contributed by atoms with E-state index in [-0.39, 0.29) is 0 Å². The van der Waals surface area contributed by atoms with Crippen molar-refractivity contribution in [2.45, 2.75) is 64.0 Å². The van der Waals surface area contributed by atoms with E-state index in [9.17, 15) is 0 Å². The molecule has 3 atom stereocenters. The molecule has 1 N–H and O–H groups in total. The lowest BCUT2D eigenvalue weighted by Gasteiger charge is -2.32. The minimum atomic E-state index is 0.540. The van der Waals surface area contributed by atoms with E-state index in [0.29, 0.717) is 12.1 Å². The summed E-state index contributed by atoms with van der Waals surface area (Å²) in [5.41, 5.74) is 1.42. The van der Waals surface area contributed by atoms with E-state index in [4.69, 9.17) is 0 Å². The monoisotopic (exact) mass is 247 g/mol. The highest BCUT2D eigenvalue weighted by atomic mass is 15.1. The van der Waals surface area contributed by atoms with Gasteiger partial charge in [-0.2, -0.15) is 0 Å². The fourth-order valence-corrected chi connectivity index (χ4v) is 3.65. The minimum Gasteiger partial charge on any atom is -0.330 e. The van der Waals surface area contributed by atoms with Crippen molar-refractivity contribution < 1.29 is 0 Å². The fraction of sp³-hybridized carbons (Fsp3) is 0.800. The van der Waals surface area contributed by atoms with Gasteiger partial charge in [-0.05, 0) is 38.1 Å². The molecule has 2 heterocycles. The predicted octanol–water partition coefficient (Wildman–Crippen LogP) is 3.45. The number of hydrogen-bond donors (Lipinski definition) is 1. The normalized spacial score (nSPS) is 33.5. The van der Waals surface area contributed by atoms with Crippen molar-refractivity contribution in [3.05, 3.63) is 18.2 Å². The summed E-state index contributed by atoms with van der Waals surface area (Å²) in [6.45, 7) is 3.55. The van der Waals surface area contributed by atoms with Crippen LogP contribution in [0.5, 0.6) is 0 Å². The quantitative estimate of drug-likeness (QED) is 0.867. The number of nitrogens with one attached hydrogen (secondary N) is 1. The van der Waals surface area contributed by atoms with E-state index in [0.717, 1.165) is 12.5 Å². The highest BCUT2D eigenvalue weighted by Gasteiger charge is 2.25. The average Bonchev–Trinajstić information content (AvgIpc) is 2.89. The number of hydrogen-bond acceptors (Lipinski definition) is 2. The van der Waals surface area contributed by atoms with Gasteiger partial charge in [0.05, 0.1) is 12.0 Å². The van der Waals surface area contributed by atoms with Crippen molar-refractivity contribution in [2.24, 2.45) is 5.92 Å². The maximum absolute atomic E-state index is 4.42. The Kier molecular flexibility index (Phi) is 3.69. The molecule has 1 aromatic heterocycles. The van der Waals surface area contributed by atoms with E-state index >= 15 is 0 Å². The third-order valence-corrected chi connectivity index (χ3v) is 4.67. The van der Waals surface area contributed by atoms with Crippen molar-refractivity contribution in [1.29, 1.82) is 0 Å². The van der Waals surface area contributed by atoms with Crippen LogP contribution in [0.2, 0.25) is 0 Å². The first-order valence-corrected chi connectivity index (χ1v) is 7.59. The second-order valence-electron chi connectivity index (χ2n) is 6.15. The summed E-state index contributed by atoms with van der Waals surface area (Å²) in [4.78, 5) is 4.42. The molecule has 0 amide bonds. The third kappa shape index (κ3) is 2.46. The topological polar surface area (TPSA) is 29.9 Å². The smallest absolute Gasteiger partial charge is 0.0951 e. The van der Waals surface area contributed by atoms with E-state index in [2.05, 4.69) is 34.3 Å². The largest absolute Gasteiger partial charge is 0.330 e. The molecular formula is C15H25N3. The molecule has 2 aliphatic rings. The van der Waals surface area contributed by atoms with Gasteiger partial charge in [0, 0.05) is 18.3 Å². The van der Waals surface area contributed by atoms with Gasteiger partial charge in [0.25, 0.3) is 0 Å². The highest BCUT2D eigenvalue weighted by Crippen LogP contribution is 2.34. The Morgan fingerprint density at radius 1 is 1.22 bits per heavy atom. The van der Waals surface area contributed by atoms with Gasteiger partial charge in [-0.25, -0.2) is 4.98 Å². The van der Waals surface area contributed by atoms with Gasteiger partial charge in [0.2, 0.25) is 0 Å². The maximum atomic E-state index is 4.42. The summed E-state index contributed by atoms with van der Waals surface area (Å²) < 4.78 is 2.47. The number of imidazole rings is 1. The van der Waals surface area contributed by atoms with Gasteiger partial charge in [0.1, 0.15) is 0 Å². The molecule has 1 aromatic rings. The van der Waals surface area contributed by atoms with Crippen molar-refractivity contribution in [2.75, 3.05) is 6.54 Å². The lowest BCUT2D eigenvalue weighted by Crippen LogP contribution is -2.30. The molecule has 0 radical (unpaired) electrons. The lowest BCUT2D eigenvalue weighted by molar-refractivity contribution is 0.269. The van der Waals surface area contributed by atoms with E-state index in [1.165, 1.54) is 50.6 Å². The van der Waals surface area contributed by atoms with Crippen molar-refractivity contribution >= 4 is 0 Å². The van der Waals surface area contributed by atoms with Crippen LogP contribution in [0.25, 0.3) is 0 Å². The standard InChI is InChI=1S/C15H25N3/c1-12-5-4-6-13(9-12)18-11-16-10-15(18)14-7-2-3-8-17-14/h10-14,17H,2-9H2,1H3. The van der Waals surface area contributed by atoms with Crippen molar-refractivity contribution in [3.8, 4) is 0 Å². The van der Waals surface area contributed by atoms with Crippen LogP contribution in [0.15, 0.2) is 12.5 Å². The number of aromatic nitrogens is 2. The molecule has 18 heavy (non-hydrogen) atoms. The van der Waals surface area contributed by atoms with Crippen molar-refractivity contribution in [1.82, 2.24) is 14.9 Å². The number of rotatable bonds is 2. The molecule has 1 saturated heterocycles. The zero-order chi connectivity index (χ0) is 12.4. The molecule has 0 bridgehead atoms. The van der Waals surface area contributed by atoms with Crippen LogP contribution in [0.3, 0.4) is 0 Å². The molecule has 0 spiro atoms. The van der Waals surface area contributed by atoms with Crippen LogP contribution >= 0.6 is 0 Å². The van der Waals surface area contributed by atoms with Crippen LogP contribution in [-0.4, -0.2) is 16.1 Å². The first-order valence-electron chi connectivity index (χ1n) is 7.59. The summed E-state index contributed by atoms with van der Waals surface area (Å²) in [7, 11) is 0. The summed E-state index contributed by atoms with van der Waals surface area (Å²) >= 11 is 0. The van der Waals surface area contributed by atoms with E-state index in [1.54, 1.807) is 0 Å². The zero-order valence-corrected chi connectivity index (χ0v) is 11.4. The molecule has 3 nitrogen and oxygen atoms in total. The maximum Gasteiger partial charge on any atom is 0.0951 e. The van der Waals surface area contributed by atoms with Crippen LogP contribution < -0.4 is 5.32 Å². The Morgan fingerprint density at radius 2 is 2.17 bits per heavy atom. The Balaban J connectivity index is 1.77. The summed E-state index contributed by atoms with van der Waals surface area (Å²) in [5.74, 6) is 0.873. The summed E-state index contributed by atoms with van der Waals surface area (Å²) in [5, 5.41) is 3.65. The lowest BCUT2D eigenvalue weighted by atomic mass is 9.86. The van der Waals surface area contributed by atoms with E-state index < -0.39 is 0 Å². The van der Waals surface area contributed by atoms with Gasteiger partial charge >= 0.3 is 0 Å². The molecule has 3 unspecified atom stereocenters. The van der Waals surface area contributed by atoms with Gasteiger partial charge in [0.15, 0.2) is 0 Å². The second-order valence-corrected chi connectivity index (χ2v) is 6.15. The first-order chi connectivity index (χ1) is 8.84. The third-order valence-electron chi connectivity index (χ3n) is 4.67. The molecule has 1 aliphatic heterocycles. The summed E-state index contributed by atoms with van der Waals surface area (Å²) in [6, 6.07) is 1.23. The average molecular weight is 247 g/mol. The predicted molar refractivity (Wildman–Crippen MR) is 73.5 cm³/mol. The second kappa shape index (κ2) is 5.43. The Labute approximate surface area is 110 Å². The van der Waals surface area contributed by atoms with Gasteiger partial charge in [-0.1, -0.05) is 26.2 Å². The Bertz CT molecular complexity index is 379. The first kappa shape index (κ1) is 12.2. The fourth-order valence-electron chi connectivity index (χ4n) is 3.65. The zero-order valence-electron chi connectivity index (χ0n) is 11.4. The molecule has 3 heteroatoms. The number of nitrogens with zero attached hydrogens (tertiary/aromatic N) is 2. The van der Waals surface area contributed by atoms with Crippen LogP contribution in [-0.2, 0) is 0 Å². The Morgan fingerprint density at radius 3 is 2.94 bits per heavy atom. The molecule has 0 aromatic carbocycles. The van der Waals surface area contributed by atoms with Gasteiger partial charge < -0.3 is 9.88 Å². The molecule has 3 rings (SSSR count). The minimum absolute atomic E-state index is 0.540. The van der Waals surface area contributed by atoms with Crippen LogP contribution in [0.4, 0.5) is 0 Å². The van der Waals surface area contributed by atoms with Crippen LogP contribution in [0.1, 0.15) is 69.6 Å². The van der Waals surface area contributed by atoms with Crippen molar-refractivity contribution in [3.63, 3.8) is 0 Å². The molecule has 1 aliphatic carbocycles. The molecule has 100 valence electrons. The molecule has 2 fully saturated rings. The Hall–Kier alpha value is -0.830. The molecular weight excluding hydrogens is 222 g/mol. The highest BCUT2D eigenvalue weighted by molar-refractivity contribution is 5.08. The summed E-state index contributed by atoms with van der Waals surface area (Å²) in [6.07, 6.45) is 13.5. The van der Waals surface area contributed by atoms with Gasteiger partial charge in [-0.3, -0.25) is 0 Å². The SMILES string of the molecule is CC1CCCC(n2cncc2C2CCCCN2)C1. The van der Waals surface area contributed by atoms with Gasteiger partial charge in [-0.15, -0.1) is 0 Å². The molecule has 1 saturated carbocycles. The van der Waals surface area contributed by atoms with Crippen LogP contribution in [0, 0.1) is 5.92 Å². The number of piperidine rings is 1.